The molecule has 4 heteroatoms. The SMILES string of the molecule is NC(=S)Nc1ccc(C=CCS)cc1. The molecule has 3 N–H and O–H groups in total. The van der Waals surface area contributed by atoms with Gasteiger partial charge >= 0.3 is 0 Å². The Balaban J connectivity index is 2.68. The number of thiocarbonyl (C=S) groups is 1. The summed E-state index contributed by atoms with van der Waals surface area (Å²) < 4.78 is 0. The molecular weight excluding hydrogens is 212 g/mol. The largest absolute Gasteiger partial charge is 0.376 e. The summed E-state index contributed by atoms with van der Waals surface area (Å²) >= 11 is 8.81. The summed E-state index contributed by atoms with van der Waals surface area (Å²) in [6, 6.07) is 7.83. The zero-order chi connectivity index (χ0) is 10.4. The van der Waals surface area contributed by atoms with E-state index in [0.717, 1.165) is 17.0 Å². The fourth-order valence-corrected chi connectivity index (χ4v) is 1.23. The normalized spacial score (nSPS) is 10.4. The van der Waals surface area contributed by atoms with E-state index in [2.05, 4.69) is 17.9 Å². The Morgan fingerprint density at radius 3 is 2.57 bits per heavy atom. The summed E-state index contributed by atoms with van der Waals surface area (Å²) in [6.07, 6.45) is 4.00. The maximum atomic E-state index is 5.34. The summed E-state index contributed by atoms with van der Waals surface area (Å²) in [5.74, 6) is 0.743. The molecule has 1 aromatic carbocycles. The van der Waals surface area contributed by atoms with Crippen LogP contribution < -0.4 is 11.1 Å². The van der Waals surface area contributed by atoms with Gasteiger partial charge in [-0.3, -0.25) is 0 Å². The van der Waals surface area contributed by atoms with Gasteiger partial charge in [0.1, 0.15) is 0 Å². The van der Waals surface area contributed by atoms with Crippen LogP contribution in [0.3, 0.4) is 0 Å². The van der Waals surface area contributed by atoms with Crippen molar-refractivity contribution in [1.29, 1.82) is 0 Å². The van der Waals surface area contributed by atoms with E-state index in [1.807, 2.05) is 36.4 Å². The third-order valence-corrected chi connectivity index (χ3v) is 1.91. The van der Waals surface area contributed by atoms with E-state index in [4.69, 9.17) is 18.0 Å². The number of rotatable bonds is 3. The van der Waals surface area contributed by atoms with Crippen molar-refractivity contribution in [3.05, 3.63) is 35.9 Å². The maximum Gasteiger partial charge on any atom is 0.168 e. The molecule has 0 atom stereocenters. The van der Waals surface area contributed by atoms with Crippen LogP contribution in [0.25, 0.3) is 6.08 Å². The lowest BCUT2D eigenvalue weighted by Gasteiger charge is -2.03. The van der Waals surface area contributed by atoms with Crippen molar-refractivity contribution >= 4 is 41.7 Å². The summed E-state index contributed by atoms with van der Waals surface area (Å²) in [6.45, 7) is 0. The number of anilines is 1. The Kier molecular flexibility index (Phi) is 4.49. The molecule has 14 heavy (non-hydrogen) atoms. The van der Waals surface area contributed by atoms with Gasteiger partial charge in [0.15, 0.2) is 5.11 Å². The highest BCUT2D eigenvalue weighted by Crippen LogP contribution is 2.10. The third kappa shape index (κ3) is 3.81. The van der Waals surface area contributed by atoms with Crippen LogP contribution in [0.5, 0.6) is 0 Å². The number of thiol groups is 1. The van der Waals surface area contributed by atoms with Gasteiger partial charge in [0.05, 0.1) is 0 Å². The van der Waals surface area contributed by atoms with E-state index in [-0.39, 0.29) is 5.11 Å². The molecule has 74 valence electrons. The van der Waals surface area contributed by atoms with E-state index in [0.29, 0.717) is 0 Å². The monoisotopic (exact) mass is 224 g/mol. The minimum absolute atomic E-state index is 0.281. The van der Waals surface area contributed by atoms with E-state index in [9.17, 15) is 0 Å². The number of nitrogens with two attached hydrogens (primary N) is 1. The smallest absolute Gasteiger partial charge is 0.168 e. The molecule has 0 saturated heterocycles. The summed E-state index contributed by atoms with van der Waals surface area (Å²) in [7, 11) is 0. The number of nitrogens with one attached hydrogen (secondary N) is 1. The van der Waals surface area contributed by atoms with Crippen LogP contribution in [-0.4, -0.2) is 10.9 Å². The predicted octanol–water partition coefficient (Wildman–Crippen LogP) is 2.29. The molecule has 0 aromatic heterocycles. The van der Waals surface area contributed by atoms with Gasteiger partial charge in [-0.15, -0.1) is 0 Å². The molecule has 0 aliphatic carbocycles. The molecule has 0 unspecified atom stereocenters. The lowest BCUT2D eigenvalue weighted by atomic mass is 10.2. The second-order valence-electron chi connectivity index (χ2n) is 2.70. The average molecular weight is 224 g/mol. The van der Waals surface area contributed by atoms with Gasteiger partial charge in [-0.1, -0.05) is 24.3 Å². The molecule has 0 saturated carbocycles. The molecule has 0 bridgehead atoms. The molecule has 0 aliphatic heterocycles. The highest BCUT2D eigenvalue weighted by molar-refractivity contribution is 7.80. The zero-order valence-corrected chi connectivity index (χ0v) is 9.31. The third-order valence-electron chi connectivity index (χ3n) is 1.59. The van der Waals surface area contributed by atoms with E-state index in [1.165, 1.54) is 0 Å². The van der Waals surface area contributed by atoms with Crippen LogP contribution in [0.15, 0.2) is 30.3 Å². The Bertz CT molecular complexity index is 330. The lowest BCUT2D eigenvalue weighted by molar-refractivity contribution is 1.58. The van der Waals surface area contributed by atoms with E-state index in [1.54, 1.807) is 0 Å². The van der Waals surface area contributed by atoms with Crippen LogP contribution in [0.1, 0.15) is 5.56 Å². The molecule has 1 rings (SSSR count). The van der Waals surface area contributed by atoms with Gasteiger partial charge in [-0.25, -0.2) is 0 Å². The van der Waals surface area contributed by atoms with Crippen molar-refractivity contribution in [1.82, 2.24) is 0 Å². The van der Waals surface area contributed by atoms with E-state index < -0.39 is 0 Å². The van der Waals surface area contributed by atoms with Gasteiger partial charge in [0, 0.05) is 11.4 Å². The van der Waals surface area contributed by atoms with Crippen LogP contribution in [0, 0.1) is 0 Å². The van der Waals surface area contributed by atoms with E-state index >= 15 is 0 Å². The van der Waals surface area contributed by atoms with Gasteiger partial charge in [-0.05, 0) is 29.9 Å². The second kappa shape index (κ2) is 5.67. The van der Waals surface area contributed by atoms with Crippen molar-refractivity contribution in [3.8, 4) is 0 Å². The van der Waals surface area contributed by atoms with Crippen LogP contribution in [0.4, 0.5) is 5.69 Å². The Morgan fingerprint density at radius 1 is 1.43 bits per heavy atom. The van der Waals surface area contributed by atoms with Gasteiger partial charge in [-0.2, -0.15) is 12.6 Å². The van der Waals surface area contributed by atoms with Crippen molar-refractivity contribution in [3.63, 3.8) is 0 Å². The van der Waals surface area contributed by atoms with Crippen molar-refractivity contribution in [2.24, 2.45) is 5.73 Å². The highest BCUT2D eigenvalue weighted by Gasteiger charge is 1.91. The lowest BCUT2D eigenvalue weighted by Crippen LogP contribution is -2.18. The van der Waals surface area contributed by atoms with Crippen LogP contribution in [0.2, 0.25) is 0 Å². The first-order chi connectivity index (χ1) is 6.72. The molecule has 0 aliphatic rings. The molecule has 0 spiro atoms. The first-order valence-corrected chi connectivity index (χ1v) is 5.20. The minimum Gasteiger partial charge on any atom is -0.376 e. The second-order valence-corrected chi connectivity index (χ2v) is 3.50. The zero-order valence-electron chi connectivity index (χ0n) is 7.60. The predicted molar refractivity (Wildman–Crippen MR) is 69.7 cm³/mol. The van der Waals surface area contributed by atoms with Crippen molar-refractivity contribution in [2.45, 2.75) is 0 Å². The molecular formula is C10H12N2S2. The summed E-state index contributed by atoms with van der Waals surface area (Å²) in [4.78, 5) is 0. The molecule has 0 heterocycles. The highest BCUT2D eigenvalue weighted by atomic mass is 32.1. The van der Waals surface area contributed by atoms with Gasteiger partial charge in [0.2, 0.25) is 0 Å². The molecule has 0 fully saturated rings. The number of hydrogen-bond acceptors (Lipinski definition) is 2. The Labute approximate surface area is 94.6 Å². The van der Waals surface area contributed by atoms with Crippen LogP contribution >= 0.6 is 24.8 Å². The summed E-state index contributed by atoms with van der Waals surface area (Å²) in [5.41, 5.74) is 7.37. The Hall–Kier alpha value is -1.00. The van der Waals surface area contributed by atoms with Crippen molar-refractivity contribution in [2.75, 3.05) is 11.1 Å². The molecule has 0 radical (unpaired) electrons. The quantitative estimate of drug-likeness (QED) is 0.545. The topological polar surface area (TPSA) is 38.0 Å². The van der Waals surface area contributed by atoms with Crippen molar-refractivity contribution < 1.29 is 0 Å². The molecule has 2 nitrogen and oxygen atoms in total. The fraction of sp³-hybridized carbons (Fsp3) is 0.100. The maximum absolute atomic E-state index is 5.34. The van der Waals surface area contributed by atoms with Gasteiger partial charge < -0.3 is 11.1 Å². The molecule has 0 amide bonds. The standard InChI is InChI=1S/C10H12N2S2/c11-10(14)12-9-5-3-8(4-6-9)2-1-7-13/h1-6,13H,7H2,(H3,11,12,14). The molecule has 1 aromatic rings. The van der Waals surface area contributed by atoms with Gasteiger partial charge in [0.25, 0.3) is 0 Å². The minimum atomic E-state index is 0.281. The fourth-order valence-electron chi connectivity index (χ4n) is 1.01. The first kappa shape index (κ1) is 11.1. The number of benzene rings is 1. The average Bonchev–Trinajstić information content (AvgIpc) is 2.16. The Morgan fingerprint density at radius 2 is 2.07 bits per heavy atom. The first-order valence-electron chi connectivity index (χ1n) is 4.16. The summed E-state index contributed by atoms with van der Waals surface area (Å²) in [5, 5.41) is 3.14. The number of hydrogen-bond donors (Lipinski definition) is 3. The van der Waals surface area contributed by atoms with Crippen LogP contribution in [-0.2, 0) is 0 Å².